The van der Waals surface area contributed by atoms with Crippen LogP contribution in [0.3, 0.4) is 0 Å². The minimum Gasteiger partial charge on any atom is -0.378 e. The van der Waals surface area contributed by atoms with E-state index >= 15 is 0 Å². The lowest BCUT2D eigenvalue weighted by atomic mass is 10.1. The molecule has 2 nitrogen and oxygen atoms in total. The molecule has 2 rings (SSSR count). The van der Waals surface area contributed by atoms with Gasteiger partial charge < -0.3 is 10.1 Å². The number of hydrogen-bond donors (Lipinski definition) is 1. The van der Waals surface area contributed by atoms with Gasteiger partial charge in [-0.25, -0.2) is 0 Å². The van der Waals surface area contributed by atoms with Crippen molar-refractivity contribution in [3.8, 4) is 0 Å². The Morgan fingerprint density at radius 2 is 2.20 bits per heavy atom. The fourth-order valence-electron chi connectivity index (χ4n) is 1.74. The van der Waals surface area contributed by atoms with E-state index in [9.17, 15) is 0 Å². The summed E-state index contributed by atoms with van der Waals surface area (Å²) in [5, 5.41) is 3.46. The molecule has 0 bridgehead atoms. The van der Waals surface area contributed by atoms with E-state index in [1.807, 2.05) is 11.8 Å². The molecule has 1 fully saturated rings. The number of rotatable bonds is 3. The lowest BCUT2D eigenvalue weighted by Crippen LogP contribution is -2.34. The fourth-order valence-corrected chi connectivity index (χ4v) is 2.40. The van der Waals surface area contributed by atoms with Gasteiger partial charge in [-0.3, -0.25) is 0 Å². The molecule has 0 saturated carbocycles. The third-order valence-electron chi connectivity index (χ3n) is 2.52. The first-order valence-corrected chi connectivity index (χ1v) is 6.42. The third-order valence-corrected chi connectivity index (χ3v) is 3.41. The van der Waals surface area contributed by atoms with Crippen molar-refractivity contribution in [1.82, 2.24) is 5.32 Å². The normalized spacial score (nSPS) is 21.5. The minimum absolute atomic E-state index is 0.374. The predicted molar refractivity (Wildman–Crippen MR) is 64.4 cm³/mol. The average molecular weight is 223 g/mol. The summed E-state index contributed by atoms with van der Waals surface area (Å²) in [6.07, 6.45) is 0. The van der Waals surface area contributed by atoms with Gasteiger partial charge in [0.2, 0.25) is 0 Å². The molecular weight excluding hydrogens is 206 g/mol. The molecule has 0 unspecified atom stereocenters. The van der Waals surface area contributed by atoms with Crippen LogP contribution in [0, 0.1) is 0 Å². The molecule has 1 N–H and O–H groups in total. The Morgan fingerprint density at radius 3 is 2.80 bits per heavy atom. The molecule has 0 aromatic heterocycles. The van der Waals surface area contributed by atoms with Crippen molar-refractivity contribution in [1.29, 1.82) is 0 Å². The largest absolute Gasteiger partial charge is 0.378 e. The Balaban J connectivity index is 2.02. The number of morpholine rings is 1. The number of nitrogens with one attached hydrogen (secondary N) is 1. The van der Waals surface area contributed by atoms with Crippen molar-refractivity contribution in [3.63, 3.8) is 0 Å². The van der Waals surface area contributed by atoms with Crippen LogP contribution in [-0.2, 0) is 4.74 Å². The topological polar surface area (TPSA) is 21.3 Å². The number of thioether (sulfide) groups is 1. The van der Waals surface area contributed by atoms with Crippen LogP contribution in [0.15, 0.2) is 29.2 Å². The van der Waals surface area contributed by atoms with Crippen molar-refractivity contribution < 1.29 is 4.74 Å². The summed E-state index contributed by atoms with van der Waals surface area (Å²) < 4.78 is 5.45. The zero-order valence-electron chi connectivity index (χ0n) is 9.03. The van der Waals surface area contributed by atoms with E-state index in [0.717, 1.165) is 25.5 Å². The monoisotopic (exact) mass is 223 g/mol. The Bertz CT molecular complexity index is 293. The van der Waals surface area contributed by atoms with Gasteiger partial charge in [-0.1, -0.05) is 19.1 Å². The van der Waals surface area contributed by atoms with Crippen LogP contribution in [0.2, 0.25) is 0 Å². The van der Waals surface area contributed by atoms with E-state index in [2.05, 4.69) is 36.5 Å². The van der Waals surface area contributed by atoms with Gasteiger partial charge in [0.05, 0.1) is 19.3 Å². The summed E-state index contributed by atoms with van der Waals surface area (Å²) >= 11 is 1.88. The van der Waals surface area contributed by atoms with Gasteiger partial charge in [-0.15, -0.1) is 11.8 Å². The maximum absolute atomic E-state index is 5.45. The van der Waals surface area contributed by atoms with Gasteiger partial charge in [0.15, 0.2) is 0 Å². The van der Waals surface area contributed by atoms with Crippen LogP contribution in [0.1, 0.15) is 18.5 Å². The zero-order chi connectivity index (χ0) is 10.5. The lowest BCUT2D eigenvalue weighted by Gasteiger charge is -2.24. The van der Waals surface area contributed by atoms with Gasteiger partial charge in [-0.2, -0.15) is 0 Å². The van der Waals surface area contributed by atoms with Crippen LogP contribution in [0.5, 0.6) is 0 Å². The first-order valence-electron chi connectivity index (χ1n) is 5.44. The quantitative estimate of drug-likeness (QED) is 0.795. The molecule has 0 spiro atoms. The Labute approximate surface area is 95.4 Å². The van der Waals surface area contributed by atoms with Gasteiger partial charge in [0, 0.05) is 11.4 Å². The Hall–Kier alpha value is -0.510. The first kappa shape index (κ1) is 11.0. The van der Waals surface area contributed by atoms with Crippen molar-refractivity contribution in [2.45, 2.75) is 17.9 Å². The van der Waals surface area contributed by atoms with Crippen LogP contribution >= 0.6 is 11.8 Å². The highest BCUT2D eigenvalue weighted by atomic mass is 32.2. The number of benzene rings is 1. The molecule has 1 aromatic rings. The van der Waals surface area contributed by atoms with Crippen LogP contribution < -0.4 is 5.32 Å². The summed E-state index contributed by atoms with van der Waals surface area (Å²) in [6.45, 7) is 4.76. The smallest absolute Gasteiger partial charge is 0.0662 e. The molecule has 1 heterocycles. The van der Waals surface area contributed by atoms with Crippen molar-refractivity contribution >= 4 is 11.8 Å². The predicted octanol–water partition coefficient (Wildman–Crippen LogP) is 2.46. The Kier molecular flexibility index (Phi) is 4.06. The van der Waals surface area contributed by atoms with Crippen LogP contribution in [0.4, 0.5) is 0 Å². The van der Waals surface area contributed by atoms with E-state index in [0.29, 0.717) is 6.04 Å². The molecule has 1 aliphatic heterocycles. The summed E-state index contributed by atoms with van der Waals surface area (Å²) in [5.74, 6) is 1.13. The molecule has 3 heteroatoms. The fraction of sp³-hybridized carbons (Fsp3) is 0.500. The summed E-state index contributed by atoms with van der Waals surface area (Å²) in [5.41, 5.74) is 1.33. The van der Waals surface area contributed by atoms with Crippen molar-refractivity contribution in [2.24, 2.45) is 0 Å². The summed E-state index contributed by atoms with van der Waals surface area (Å²) in [4.78, 5) is 1.35. The van der Waals surface area contributed by atoms with Gasteiger partial charge in [-0.05, 0) is 23.4 Å². The maximum Gasteiger partial charge on any atom is 0.0662 e. The van der Waals surface area contributed by atoms with E-state index in [-0.39, 0.29) is 0 Å². The van der Waals surface area contributed by atoms with Gasteiger partial charge in [0.1, 0.15) is 0 Å². The second-order valence-corrected chi connectivity index (χ2v) is 4.92. The second kappa shape index (κ2) is 5.54. The van der Waals surface area contributed by atoms with Crippen LogP contribution in [-0.4, -0.2) is 25.5 Å². The molecule has 1 saturated heterocycles. The molecule has 0 amide bonds. The van der Waals surface area contributed by atoms with E-state index in [4.69, 9.17) is 4.74 Å². The average Bonchev–Trinajstić information content (AvgIpc) is 2.32. The first-order chi connectivity index (χ1) is 7.40. The minimum atomic E-state index is 0.374. The second-order valence-electron chi connectivity index (χ2n) is 3.58. The number of ether oxygens (including phenoxy) is 1. The van der Waals surface area contributed by atoms with Crippen molar-refractivity contribution in [3.05, 3.63) is 29.8 Å². The van der Waals surface area contributed by atoms with E-state index < -0.39 is 0 Å². The highest BCUT2D eigenvalue weighted by Crippen LogP contribution is 2.21. The Morgan fingerprint density at radius 1 is 1.40 bits per heavy atom. The van der Waals surface area contributed by atoms with Gasteiger partial charge >= 0.3 is 0 Å². The molecule has 0 aliphatic carbocycles. The molecule has 1 aliphatic rings. The van der Waals surface area contributed by atoms with Crippen LogP contribution in [0.25, 0.3) is 0 Å². The van der Waals surface area contributed by atoms with Gasteiger partial charge in [0.25, 0.3) is 0 Å². The molecule has 1 atom stereocenters. The standard InChI is InChI=1S/C12H17NOS/c1-2-15-11-5-3-10(4-6-11)12-9-14-8-7-13-12/h3-6,12-13H,2,7-9H2,1H3/t12-/m0/s1. The summed E-state index contributed by atoms with van der Waals surface area (Å²) in [7, 11) is 0. The highest BCUT2D eigenvalue weighted by molar-refractivity contribution is 7.99. The summed E-state index contributed by atoms with van der Waals surface area (Å²) in [6, 6.07) is 9.16. The third kappa shape index (κ3) is 2.97. The molecule has 0 radical (unpaired) electrons. The molecule has 15 heavy (non-hydrogen) atoms. The molecular formula is C12H17NOS. The highest BCUT2D eigenvalue weighted by Gasteiger charge is 2.14. The number of hydrogen-bond acceptors (Lipinski definition) is 3. The lowest BCUT2D eigenvalue weighted by molar-refractivity contribution is 0.0769. The van der Waals surface area contributed by atoms with E-state index in [1.54, 1.807) is 0 Å². The van der Waals surface area contributed by atoms with Crippen molar-refractivity contribution in [2.75, 3.05) is 25.5 Å². The molecule has 1 aromatic carbocycles. The SMILES string of the molecule is CCSc1ccc([C@@H]2COCCN2)cc1. The van der Waals surface area contributed by atoms with E-state index in [1.165, 1.54) is 10.5 Å². The zero-order valence-corrected chi connectivity index (χ0v) is 9.85. The maximum atomic E-state index is 5.45. The molecule has 82 valence electrons.